The van der Waals surface area contributed by atoms with E-state index in [2.05, 4.69) is 75.4 Å². The lowest BCUT2D eigenvalue weighted by Crippen LogP contribution is -2.19. The van der Waals surface area contributed by atoms with Gasteiger partial charge in [-0.3, -0.25) is 0 Å². The number of fused-ring (bicyclic) bond motifs is 1. The molecule has 0 N–H and O–H groups in total. The Morgan fingerprint density at radius 3 is 2.21 bits per heavy atom. The highest BCUT2D eigenvalue weighted by atomic mass is 16.7. The Morgan fingerprint density at radius 1 is 0.759 bits per heavy atom. The predicted octanol–water partition coefficient (Wildman–Crippen LogP) is 6.87. The Balaban J connectivity index is 1.44. The fourth-order valence-electron chi connectivity index (χ4n) is 3.47. The third-order valence-electron chi connectivity index (χ3n) is 5.43. The predicted molar refractivity (Wildman–Crippen MR) is 120 cm³/mol. The van der Waals surface area contributed by atoms with Crippen molar-refractivity contribution in [3.8, 4) is 5.75 Å². The van der Waals surface area contributed by atoms with Gasteiger partial charge in [-0.15, -0.1) is 0 Å². The van der Waals surface area contributed by atoms with Gasteiger partial charge in [-0.2, -0.15) is 0 Å². The zero-order chi connectivity index (χ0) is 20.6. The number of rotatable bonds is 10. The molecule has 0 radical (unpaired) electrons. The van der Waals surface area contributed by atoms with Gasteiger partial charge in [-0.1, -0.05) is 68.4 Å². The van der Waals surface area contributed by atoms with Gasteiger partial charge in [0, 0.05) is 0 Å². The SMILES string of the molecule is CCC(C)c1ccc(OC(C)OCCOC(C)c2cccc3ccccc23)cc1. The minimum Gasteiger partial charge on any atom is -0.465 e. The summed E-state index contributed by atoms with van der Waals surface area (Å²) in [4.78, 5) is 0. The van der Waals surface area contributed by atoms with Crippen molar-refractivity contribution in [1.82, 2.24) is 0 Å². The third-order valence-corrected chi connectivity index (χ3v) is 5.43. The molecule has 0 bridgehead atoms. The normalized spacial score (nSPS) is 14.5. The molecule has 0 aliphatic rings. The van der Waals surface area contributed by atoms with Crippen LogP contribution in [0.15, 0.2) is 66.7 Å². The van der Waals surface area contributed by atoms with Gasteiger partial charge in [0.05, 0.1) is 19.3 Å². The largest absolute Gasteiger partial charge is 0.465 e. The average molecular weight is 393 g/mol. The maximum atomic E-state index is 6.01. The Labute approximate surface area is 174 Å². The first-order valence-corrected chi connectivity index (χ1v) is 10.6. The molecule has 3 nitrogen and oxygen atoms in total. The lowest BCUT2D eigenvalue weighted by atomic mass is 9.99. The number of ether oxygens (including phenoxy) is 3. The summed E-state index contributed by atoms with van der Waals surface area (Å²) in [7, 11) is 0. The van der Waals surface area contributed by atoms with Gasteiger partial charge in [0.15, 0.2) is 6.29 Å². The minimum atomic E-state index is -0.319. The van der Waals surface area contributed by atoms with Gasteiger partial charge < -0.3 is 14.2 Å². The molecule has 3 rings (SSSR count). The molecule has 0 saturated heterocycles. The van der Waals surface area contributed by atoms with E-state index in [9.17, 15) is 0 Å². The Hall–Kier alpha value is -2.36. The maximum Gasteiger partial charge on any atom is 0.197 e. The maximum absolute atomic E-state index is 6.01. The number of hydrogen-bond donors (Lipinski definition) is 0. The van der Waals surface area contributed by atoms with Crippen LogP contribution < -0.4 is 4.74 Å². The molecule has 3 aromatic rings. The summed E-state index contributed by atoms with van der Waals surface area (Å²) in [6.07, 6.45) is 0.826. The van der Waals surface area contributed by atoms with Crippen LogP contribution in [0.3, 0.4) is 0 Å². The summed E-state index contributed by atoms with van der Waals surface area (Å²) in [5, 5.41) is 2.47. The van der Waals surface area contributed by atoms with Crippen molar-refractivity contribution in [2.45, 2.75) is 52.4 Å². The molecule has 3 unspecified atom stereocenters. The number of benzene rings is 3. The van der Waals surface area contributed by atoms with Crippen LogP contribution >= 0.6 is 0 Å². The first-order valence-electron chi connectivity index (χ1n) is 10.6. The molecular formula is C26H32O3. The molecule has 0 heterocycles. The average Bonchev–Trinajstić information content (AvgIpc) is 2.76. The molecule has 29 heavy (non-hydrogen) atoms. The van der Waals surface area contributed by atoms with Crippen molar-refractivity contribution < 1.29 is 14.2 Å². The molecule has 0 amide bonds. The van der Waals surface area contributed by atoms with Crippen LogP contribution in [-0.4, -0.2) is 19.5 Å². The minimum absolute atomic E-state index is 0.00836. The highest BCUT2D eigenvalue weighted by Gasteiger charge is 2.11. The van der Waals surface area contributed by atoms with E-state index in [0.29, 0.717) is 19.1 Å². The summed E-state index contributed by atoms with van der Waals surface area (Å²) in [6.45, 7) is 9.44. The third kappa shape index (κ3) is 5.81. The molecule has 154 valence electrons. The van der Waals surface area contributed by atoms with Crippen molar-refractivity contribution >= 4 is 10.8 Å². The summed E-state index contributed by atoms with van der Waals surface area (Å²) >= 11 is 0. The smallest absolute Gasteiger partial charge is 0.197 e. The van der Waals surface area contributed by atoms with Crippen LogP contribution in [0.2, 0.25) is 0 Å². The lowest BCUT2D eigenvalue weighted by molar-refractivity contribution is -0.0902. The van der Waals surface area contributed by atoms with Gasteiger partial charge in [0.1, 0.15) is 5.75 Å². The Kier molecular flexibility index (Phi) is 7.68. The van der Waals surface area contributed by atoms with E-state index in [1.807, 2.05) is 19.1 Å². The van der Waals surface area contributed by atoms with Crippen molar-refractivity contribution in [1.29, 1.82) is 0 Å². The van der Waals surface area contributed by atoms with Crippen molar-refractivity contribution in [2.24, 2.45) is 0 Å². The highest BCUT2D eigenvalue weighted by Crippen LogP contribution is 2.26. The molecule has 0 saturated carbocycles. The standard InChI is InChI=1S/C26H32O3/c1-5-19(2)22-13-15-24(16-14-22)29-21(4)28-18-17-27-20(3)25-12-8-10-23-9-6-7-11-26(23)25/h6-16,19-21H,5,17-18H2,1-4H3. The zero-order valence-electron chi connectivity index (χ0n) is 17.9. The van der Waals surface area contributed by atoms with Crippen molar-refractivity contribution in [3.05, 3.63) is 77.9 Å². The summed E-state index contributed by atoms with van der Waals surface area (Å²) < 4.78 is 17.6. The van der Waals surface area contributed by atoms with E-state index < -0.39 is 0 Å². The highest BCUT2D eigenvalue weighted by molar-refractivity contribution is 5.85. The summed E-state index contributed by atoms with van der Waals surface area (Å²) in [5.74, 6) is 1.40. The van der Waals surface area contributed by atoms with Gasteiger partial charge in [0.25, 0.3) is 0 Å². The van der Waals surface area contributed by atoms with Gasteiger partial charge >= 0.3 is 0 Å². The molecule has 0 aromatic heterocycles. The van der Waals surface area contributed by atoms with Gasteiger partial charge in [0.2, 0.25) is 0 Å². The molecule has 0 spiro atoms. The molecule has 0 aliphatic carbocycles. The van der Waals surface area contributed by atoms with Gasteiger partial charge in [-0.25, -0.2) is 0 Å². The van der Waals surface area contributed by atoms with Crippen LogP contribution in [0.25, 0.3) is 10.8 Å². The molecule has 3 atom stereocenters. The summed E-state index contributed by atoms with van der Waals surface area (Å²) in [6, 6.07) is 23.0. The molecular weight excluding hydrogens is 360 g/mol. The molecule has 3 heteroatoms. The van der Waals surface area contributed by atoms with E-state index in [0.717, 1.165) is 12.2 Å². The summed E-state index contributed by atoms with van der Waals surface area (Å²) in [5.41, 5.74) is 2.54. The monoisotopic (exact) mass is 392 g/mol. The Morgan fingerprint density at radius 2 is 1.45 bits per heavy atom. The van der Waals surface area contributed by atoms with Crippen molar-refractivity contribution in [2.75, 3.05) is 13.2 Å². The fourth-order valence-corrected chi connectivity index (χ4v) is 3.47. The topological polar surface area (TPSA) is 27.7 Å². The quantitative estimate of drug-likeness (QED) is 0.278. The van der Waals surface area contributed by atoms with E-state index in [1.165, 1.54) is 21.9 Å². The van der Waals surface area contributed by atoms with Crippen LogP contribution in [0.4, 0.5) is 0 Å². The lowest BCUT2D eigenvalue weighted by Gasteiger charge is -2.18. The zero-order valence-corrected chi connectivity index (χ0v) is 17.9. The molecule has 0 fully saturated rings. The van der Waals surface area contributed by atoms with Crippen LogP contribution in [0, 0.1) is 0 Å². The fraction of sp³-hybridized carbons (Fsp3) is 0.385. The van der Waals surface area contributed by atoms with Crippen LogP contribution in [-0.2, 0) is 9.47 Å². The molecule has 3 aromatic carbocycles. The first kappa shape index (κ1) is 21.4. The molecule has 0 aliphatic heterocycles. The first-order chi connectivity index (χ1) is 14.1. The second-order valence-corrected chi connectivity index (χ2v) is 7.52. The number of hydrogen-bond acceptors (Lipinski definition) is 3. The van der Waals surface area contributed by atoms with E-state index in [4.69, 9.17) is 14.2 Å². The second-order valence-electron chi connectivity index (χ2n) is 7.52. The Bertz CT molecular complexity index is 883. The van der Waals surface area contributed by atoms with E-state index in [1.54, 1.807) is 0 Å². The van der Waals surface area contributed by atoms with Crippen molar-refractivity contribution in [3.63, 3.8) is 0 Å². The van der Waals surface area contributed by atoms with E-state index in [-0.39, 0.29) is 12.4 Å². The second kappa shape index (κ2) is 10.4. The van der Waals surface area contributed by atoms with Crippen LogP contribution in [0.5, 0.6) is 5.75 Å². The van der Waals surface area contributed by atoms with E-state index >= 15 is 0 Å². The van der Waals surface area contributed by atoms with Gasteiger partial charge in [-0.05, 0) is 60.2 Å². The van der Waals surface area contributed by atoms with Crippen LogP contribution in [0.1, 0.15) is 57.3 Å².